The highest BCUT2D eigenvalue weighted by molar-refractivity contribution is 5.77. The van der Waals surface area contributed by atoms with E-state index in [-0.39, 0.29) is 6.04 Å². The van der Waals surface area contributed by atoms with E-state index in [1.54, 1.807) is 0 Å². The van der Waals surface area contributed by atoms with Crippen molar-refractivity contribution in [1.29, 1.82) is 5.26 Å². The molecule has 0 bridgehead atoms. The van der Waals surface area contributed by atoms with Crippen molar-refractivity contribution in [3.05, 3.63) is 65.5 Å². The van der Waals surface area contributed by atoms with Gasteiger partial charge in [0, 0.05) is 0 Å². The van der Waals surface area contributed by atoms with Crippen molar-refractivity contribution >= 4 is 11.0 Å². The summed E-state index contributed by atoms with van der Waals surface area (Å²) >= 11 is 0. The topological polar surface area (TPSA) is 41.6 Å². The smallest absolute Gasteiger partial charge is 0.124 e. The molecule has 0 saturated heterocycles. The second-order valence-corrected chi connectivity index (χ2v) is 5.50. The summed E-state index contributed by atoms with van der Waals surface area (Å²) in [5, 5.41) is 9.12. The molecule has 0 amide bonds. The Bertz CT molecular complexity index is 825. The fraction of sp³-hybridized carbons (Fsp3) is 0.263. The zero-order valence-electron chi connectivity index (χ0n) is 13.0. The lowest BCUT2D eigenvalue weighted by Gasteiger charge is -2.17. The minimum absolute atomic E-state index is 0.155. The van der Waals surface area contributed by atoms with Gasteiger partial charge < -0.3 is 4.57 Å². The third-order valence-electron chi connectivity index (χ3n) is 4.14. The number of aromatic nitrogens is 2. The molecule has 3 rings (SSSR count). The molecule has 0 spiro atoms. The first-order chi connectivity index (χ1) is 10.7. The van der Waals surface area contributed by atoms with E-state index in [2.05, 4.69) is 54.8 Å². The summed E-state index contributed by atoms with van der Waals surface area (Å²) in [5.74, 6) is 0.835. The van der Waals surface area contributed by atoms with Gasteiger partial charge in [-0.3, -0.25) is 0 Å². The van der Waals surface area contributed by atoms with Gasteiger partial charge in [-0.2, -0.15) is 5.26 Å². The fourth-order valence-corrected chi connectivity index (χ4v) is 2.92. The Kier molecular flexibility index (Phi) is 3.93. The summed E-state index contributed by atoms with van der Waals surface area (Å²) in [6.45, 7) is 4.30. The maximum atomic E-state index is 9.12. The number of rotatable bonds is 4. The highest BCUT2D eigenvalue weighted by Gasteiger charge is 2.17. The molecule has 3 nitrogen and oxygen atoms in total. The highest BCUT2D eigenvalue weighted by atomic mass is 15.1. The van der Waals surface area contributed by atoms with Gasteiger partial charge >= 0.3 is 0 Å². The molecule has 0 fully saturated rings. The molecule has 0 aliphatic rings. The van der Waals surface area contributed by atoms with Gasteiger partial charge in [-0.1, -0.05) is 43.3 Å². The summed E-state index contributed by atoms with van der Waals surface area (Å²) in [6, 6.07) is 19.1. The molecule has 22 heavy (non-hydrogen) atoms. The van der Waals surface area contributed by atoms with Crippen LogP contribution in [0.25, 0.3) is 11.0 Å². The number of hydrogen-bond acceptors (Lipinski definition) is 2. The predicted molar refractivity (Wildman–Crippen MR) is 88.7 cm³/mol. The molecule has 1 unspecified atom stereocenters. The summed E-state index contributed by atoms with van der Waals surface area (Å²) in [4.78, 5) is 4.70. The van der Waals surface area contributed by atoms with E-state index in [1.165, 1.54) is 11.1 Å². The standard InChI is InChI=1S/C19H19N3/c1-3-15-9-10-18-17(13-15)21-19(11-12-20)22(18)14(2)16-7-5-4-6-8-16/h4-10,13-14H,3,11H2,1-2H3. The Morgan fingerprint density at radius 3 is 2.64 bits per heavy atom. The average molecular weight is 289 g/mol. The van der Waals surface area contributed by atoms with E-state index in [1.807, 2.05) is 18.2 Å². The third-order valence-corrected chi connectivity index (χ3v) is 4.14. The molecule has 1 aromatic heterocycles. The van der Waals surface area contributed by atoms with Crippen molar-refractivity contribution in [2.24, 2.45) is 0 Å². The number of hydrogen-bond donors (Lipinski definition) is 0. The van der Waals surface area contributed by atoms with Crippen LogP contribution in [0, 0.1) is 11.3 Å². The molecule has 0 aliphatic heterocycles. The van der Waals surface area contributed by atoms with Crippen molar-refractivity contribution < 1.29 is 0 Å². The SMILES string of the molecule is CCc1ccc2c(c1)nc(CC#N)n2C(C)c1ccccc1. The molecule has 1 atom stereocenters. The average Bonchev–Trinajstić information content (AvgIpc) is 2.92. The Labute approximate surface area is 130 Å². The number of nitrogens with zero attached hydrogens (tertiary/aromatic N) is 3. The van der Waals surface area contributed by atoms with Gasteiger partial charge in [0.25, 0.3) is 0 Å². The van der Waals surface area contributed by atoms with Crippen LogP contribution >= 0.6 is 0 Å². The third kappa shape index (κ3) is 2.48. The van der Waals surface area contributed by atoms with E-state index >= 15 is 0 Å². The maximum absolute atomic E-state index is 9.12. The van der Waals surface area contributed by atoms with Gasteiger partial charge in [0.2, 0.25) is 0 Å². The second-order valence-electron chi connectivity index (χ2n) is 5.50. The van der Waals surface area contributed by atoms with Crippen LogP contribution in [-0.4, -0.2) is 9.55 Å². The molecular formula is C19H19N3. The fourth-order valence-electron chi connectivity index (χ4n) is 2.92. The molecule has 2 aromatic carbocycles. The molecule has 1 heterocycles. The van der Waals surface area contributed by atoms with E-state index in [0.717, 1.165) is 23.3 Å². The second kappa shape index (κ2) is 6.03. The van der Waals surface area contributed by atoms with Crippen molar-refractivity contribution in [1.82, 2.24) is 9.55 Å². The largest absolute Gasteiger partial charge is 0.320 e. The molecule has 0 aliphatic carbocycles. The van der Waals surface area contributed by atoms with Crippen molar-refractivity contribution in [3.8, 4) is 6.07 Å². The molecule has 0 radical (unpaired) electrons. The highest BCUT2D eigenvalue weighted by Crippen LogP contribution is 2.27. The first-order valence-corrected chi connectivity index (χ1v) is 7.66. The lowest BCUT2D eigenvalue weighted by atomic mass is 10.1. The molecule has 3 aromatic rings. The molecular weight excluding hydrogens is 270 g/mol. The first-order valence-electron chi connectivity index (χ1n) is 7.66. The Balaban J connectivity index is 2.18. The zero-order valence-corrected chi connectivity index (χ0v) is 13.0. The van der Waals surface area contributed by atoms with Crippen LogP contribution in [-0.2, 0) is 12.8 Å². The lowest BCUT2D eigenvalue weighted by molar-refractivity contribution is 0.630. The Morgan fingerprint density at radius 1 is 1.18 bits per heavy atom. The predicted octanol–water partition coefficient (Wildman–Crippen LogP) is 4.27. The zero-order chi connectivity index (χ0) is 15.5. The minimum Gasteiger partial charge on any atom is -0.320 e. The van der Waals surface area contributed by atoms with Gasteiger partial charge in [-0.05, 0) is 36.6 Å². The summed E-state index contributed by atoms with van der Waals surface area (Å²) in [5.41, 5.74) is 4.57. The van der Waals surface area contributed by atoms with Gasteiger partial charge in [0.05, 0.1) is 29.6 Å². The van der Waals surface area contributed by atoms with E-state index in [4.69, 9.17) is 10.2 Å². The number of aryl methyl sites for hydroxylation is 1. The maximum Gasteiger partial charge on any atom is 0.124 e. The van der Waals surface area contributed by atoms with E-state index in [0.29, 0.717) is 6.42 Å². The van der Waals surface area contributed by atoms with Gasteiger partial charge in [-0.25, -0.2) is 4.98 Å². The van der Waals surface area contributed by atoms with Gasteiger partial charge in [0.15, 0.2) is 0 Å². The quantitative estimate of drug-likeness (QED) is 0.719. The van der Waals surface area contributed by atoms with Crippen LogP contribution in [0.1, 0.15) is 36.8 Å². The normalized spacial score (nSPS) is 12.2. The molecule has 110 valence electrons. The van der Waals surface area contributed by atoms with Crippen LogP contribution < -0.4 is 0 Å². The number of imidazole rings is 1. The summed E-state index contributed by atoms with van der Waals surface area (Å²) in [7, 11) is 0. The van der Waals surface area contributed by atoms with Crippen LogP contribution in [0.2, 0.25) is 0 Å². The lowest BCUT2D eigenvalue weighted by Crippen LogP contribution is -2.10. The summed E-state index contributed by atoms with van der Waals surface area (Å²) in [6.07, 6.45) is 1.32. The minimum atomic E-state index is 0.155. The monoisotopic (exact) mass is 289 g/mol. The Morgan fingerprint density at radius 2 is 1.95 bits per heavy atom. The van der Waals surface area contributed by atoms with Crippen molar-refractivity contribution in [2.75, 3.05) is 0 Å². The number of benzene rings is 2. The van der Waals surface area contributed by atoms with Crippen molar-refractivity contribution in [2.45, 2.75) is 32.7 Å². The van der Waals surface area contributed by atoms with Crippen LogP contribution in [0.3, 0.4) is 0 Å². The Hall–Kier alpha value is -2.60. The number of fused-ring (bicyclic) bond motifs is 1. The molecule has 3 heteroatoms. The summed E-state index contributed by atoms with van der Waals surface area (Å²) < 4.78 is 2.19. The van der Waals surface area contributed by atoms with Crippen LogP contribution in [0.15, 0.2) is 48.5 Å². The first kappa shape index (κ1) is 14.3. The van der Waals surface area contributed by atoms with Crippen molar-refractivity contribution in [3.63, 3.8) is 0 Å². The number of nitriles is 1. The molecule has 0 saturated carbocycles. The molecule has 0 N–H and O–H groups in total. The van der Waals surface area contributed by atoms with Gasteiger partial charge in [0.1, 0.15) is 5.82 Å². The van der Waals surface area contributed by atoms with Gasteiger partial charge in [-0.15, -0.1) is 0 Å². The van der Waals surface area contributed by atoms with E-state index in [9.17, 15) is 0 Å². The van der Waals surface area contributed by atoms with Crippen LogP contribution in [0.4, 0.5) is 0 Å². The van der Waals surface area contributed by atoms with E-state index < -0.39 is 0 Å². The van der Waals surface area contributed by atoms with Crippen LogP contribution in [0.5, 0.6) is 0 Å².